The highest BCUT2D eigenvalue weighted by Gasteiger charge is 2.21. The number of carbonyl (C=O) groups is 2. The smallest absolute Gasteiger partial charge is 0.306 e. The van der Waals surface area contributed by atoms with Crippen molar-refractivity contribution in [2.75, 3.05) is 47.5 Å². The molecule has 70 heavy (non-hydrogen) atoms. The van der Waals surface area contributed by atoms with Gasteiger partial charge in [-0.2, -0.15) is 0 Å². The monoisotopic (exact) mass is 998 g/mol. The number of ether oxygens (including phenoxy) is 2. The van der Waals surface area contributed by atoms with Crippen molar-refractivity contribution in [1.29, 1.82) is 0 Å². The van der Waals surface area contributed by atoms with Crippen molar-refractivity contribution in [1.82, 2.24) is 0 Å². The minimum absolute atomic E-state index is 0.0400. The topological polar surface area (TPSA) is 111 Å². The molecule has 0 N–H and O–H groups in total. The first-order chi connectivity index (χ1) is 34.0. The molecule has 0 aliphatic carbocycles. The highest BCUT2D eigenvalue weighted by Crippen LogP contribution is 2.38. The Morgan fingerprint density at radius 3 is 1.21 bits per heavy atom. The van der Waals surface area contributed by atoms with Crippen molar-refractivity contribution in [2.45, 2.75) is 225 Å². The number of unbranched alkanes of at least 4 members (excludes halogenated alkanes) is 20. The maximum atomic E-state index is 12.8. The molecule has 0 aromatic carbocycles. The number of phosphoric acid groups is 1. The average molecular weight is 998 g/mol. The van der Waals surface area contributed by atoms with Crippen LogP contribution in [0.25, 0.3) is 0 Å². The van der Waals surface area contributed by atoms with Gasteiger partial charge in [-0.25, -0.2) is 0 Å². The summed E-state index contributed by atoms with van der Waals surface area (Å²) in [7, 11) is 1.14. The van der Waals surface area contributed by atoms with E-state index in [2.05, 4.69) is 111 Å². The molecule has 0 aromatic rings. The van der Waals surface area contributed by atoms with E-state index in [0.717, 1.165) is 96.3 Å². The molecule has 10 heteroatoms. The second-order valence-corrected chi connectivity index (χ2v) is 21.0. The predicted molar refractivity (Wildman–Crippen MR) is 295 cm³/mol. The number of likely N-dealkylation sites (N-methyl/N-ethyl adjacent to an activating group) is 1. The van der Waals surface area contributed by atoms with Crippen LogP contribution in [-0.4, -0.2) is 70.0 Å². The van der Waals surface area contributed by atoms with Crippen LogP contribution < -0.4 is 4.89 Å². The molecule has 0 saturated carbocycles. The number of carbonyl (C=O) groups excluding carboxylic acids is 2. The molecule has 0 fully saturated rings. The fourth-order valence-corrected chi connectivity index (χ4v) is 8.05. The van der Waals surface area contributed by atoms with Gasteiger partial charge in [-0.1, -0.05) is 227 Å². The second kappa shape index (κ2) is 50.9. The lowest BCUT2D eigenvalue weighted by Gasteiger charge is -2.28. The van der Waals surface area contributed by atoms with Crippen molar-refractivity contribution in [2.24, 2.45) is 0 Å². The van der Waals surface area contributed by atoms with E-state index in [1.807, 2.05) is 21.1 Å². The molecule has 0 heterocycles. The minimum Gasteiger partial charge on any atom is -0.756 e. The van der Waals surface area contributed by atoms with Crippen molar-refractivity contribution in [3.05, 3.63) is 97.2 Å². The first-order valence-electron chi connectivity index (χ1n) is 27.9. The highest BCUT2D eigenvalue weighted by atomic mass is 31.2. The van der Waals surface area contributed by atoms with Crippen LogP contribution in [0, 0.1) is 0 Å². The number of rotatable bonds is 50. The van der Waals surface area contributed by atoms with Gasteiger partial charge in [0.05, 0.1) is 27.7 Å². The van der Waals surface area contributed by atoms with E-state index in [1.165, 1.54) is 89.9 Å². The van der Waals surface area contributed by atoms with E-state index >= 15 is 0 Å². The van der Waals surface area contributed by atoms with Gasteiger partial charge in [0.2, 0.25) is 0 Å². The maximum absolute atomic E-state index is 12.8. The van der Waals surface area contributed by atoms with Gasteiger partial charge in [0.15, 0.2) is 6.10 Å². The Morgan fingerprint density at radius 1 is 0.457 bits per heavy atom. The third kappa shape index (κ3) is 54.3. The fraction of sp³-hybridized carbons (Fsp3) is 0.700. The molecule has 9 nitrogen and oxygen atoms in total. The molecule has 0 amide bonds. The Labute approximate surface area is 430 Å². The SMILES string of the molecule is CC/C=C\C/C=C\C/C=C\C/C=C\C/C=C\C/C=C\C/C=C\C/C=C\CCCCCCC(=O)OC(COC(=O)CCCCCCCCCCCCCCCCCCC)COP(=O)([O-])OCC[N+](C)(C)C. The van der Waals surface area contributed by atoms with Crippen molar-refractivity contribution >= 4 is 19.8 Å². The van der Waals surface area contributed by atoms with E-state index in [-0.39, 0.29) is 26.1 Å². The molecule has 0 aromatic heterocycles. The summed E-state index contributed by atoms with van der Waals surface area (Å²) < 4.78 is 34.1. The quantitative estimate of drug-likeness (QED) is 0.0195. The summed E-state index contributed by atoms with van der Waals surface area (Å²) in [5.41, 5.74) is 0. The molecule has 0 radical (unpaired) electrons. The molecule has 0 bridgehead atoms. The van der Waals surface area contributed by atoms with Crippen LogP contribution in [0.4, 0.5) is 0 Å². The van der Waals surface area contributed by atoms with Crippen LogP contribution in [0.1, 0.15) is 219 Å². The van der Waals surface area contributed by atoms with Gasteiger partial charge in [0.1, 0.15) is 19.8 Å². The number of hydrogen-bond donors (Lipinski definition) is 0. The number of nitrogens with zero attached hydrogens (tertiary/aromatic N) is 1. The molecule has 0 saturated heterocycles. The lowest BCUT2D eigenvalue weighted by Crippen LogP contribution is -2.37. The lowest BCUT2D eigenvalue weighted by atomic mass is 10.0. The highest BCUT2D eigenvalue weighted by molar-refractivity contribution is 7.45. The Balaban J connectivity index is 4.28. The zero-order valence-corrected chi connectivity index (χ0v) is 46.3. The summed E-state index contributed by atoms with van der Waals surface area (Å²) >= 11 is 0. The summed E-state index contributed by atoms with van der Waals surface area (Å²) in [5, 5.41) is 0. The van der Waals surface area contributed by atoms with Gasteiger partial charge < -0.3 is 27.9 Å². The first-order valence-corrected chi connectivity index (χ1v) is 29.4. The summed E-state index contributed by atoms with van der Waals surface area (Å²) in [6.45, 7) is 4.10. The van der Waals surface area contributed by atoms with E-state index in [1.54, 1.807) is 0 Å². The third-order valence-electron chi connectivity index (χ3n) is 11.6. The summed E-state index contributed by atoms with van der Waals surface area (Å²) in [6, 6.07) is 0. The van der Waals surface area contributed by atoms with Gasteiger partial charge in [0.25, 0.3) is 7.82 Å². The molecular weight excluding hydrogens is 894 g/mol. The Bertz CT molecular complexity index is 1500. The van der Waals surface area contributed by atoms with Gasteiger partial charge in [-0.3, -0.25) is 14.2 Å². The van der Waals surface area contributed by atoms with Crippen LogP contribution in [0.15, 0.2) is 97.2 Å². The van der Waals surface area contributed by atoms with Crippen LogP contribution in [0.2, 0.25) is 0 Å². The van der Waals surface area contributed by atoms with Gasteiger partial charge in [-0.15, -0.1) is 0 Å². The average Bonchev–Trinajstić information content (AvgIpc) is 3.32. The van der Waals surface area contributed by atoms with Crippen LogP contribution in [-0.2, 0) is 32.7 Å². The van der Waals surface area contributed by atoms with Crippen LogP contribution in [0.3, 0.4) is 0 Å². The zero-order valence-electron chi connectivity index (χ0n) is 45.4. The van der Waals surface area contributed by atoms with Crippen molar-refractivity contribution in [3.8, 4) is 0 Å². The molecular formula is C60H104NO8P. The Kier molecular flexibility index (Phi) is 48.6. The summed E-state index contributed by atoms with van der Waals surface area (Å²) in [5.74, 6) is -0.863. The van der Waals surface area contributed by atoms with Crippen LogP contribution in [0.5, 0.6) is 0 Å². The van der Waals surface area contributed by atoms with E-state index in [0.29, 0.717) is 17.4 Å². The minimum atomic E-state index is -4.65. The molecule has 2 unspecified atom stereocenters. The third-order valence-corrected chi connectivity index (χ3v) is 12.6. The van der Waals surface area contributed by atoms with E-state index in [9.17, 15) is 19.0 Å². The van der Waals surface area contributed by atoms with E-state index in [4.69, 9.17) is 18.5 Å². The molecule has 2 atom stereocenters. The number of quaternary nitrogens is 1. The van der Waals surface area contributed by atoms with Crippen molar-refractivity contribution < 1.29 is 42.1 Å². The molecule has 0 aliphatic heterocycles. The molecule has 0 aliphatic rings. The van der Waals surface area contributed by atoms with Gasteiger partial charge >= 0.3 is 11.9 Å². The van der Waals surface area contributed by atoms with Crippen LogP contribution >= 0.6 is 7.82 Å². The largest absolute Gasteiger partial charge is 0.756 e. The normalized spacial score (nSPS) is 14.1. The van der Waals surface area contributed by atoms with Gasteiger partial charge in [-0.05, 0) is 77.0 Å². The summed E-state index contributed by atoms with van der Waals surface area (Å²) in [6.07, 6.45) is 68.7. The Morgan fingerprint density at radius 2 is 0.814 bits per heavy atom. The number of allylic oxidation sites excluding steroid dienone is 16. The lowest BCUT2D eigenvalue weighted by molar-refractivity contribution is -0.870. The first kappa shape index (κ1) is 66.9. The number of esters is 2. The Hall–Kier alpha value is -3.07. The fourth-order valence-electron chi connectivity index (χ4n) is 7.32. The van der Waals surface area contributed by atoms with Gasteiger partial charge in [0, 0.05) is 12.8 Å². The molecule has 0 spiro atoms. The van der Waals surface area contributed by atoms with Crippen molar-refractivity contribution in [3.63, 3.8) is 0 Å². The molecule has 0 rings (SSSR count). The molecule has 402 valence electrons. The van der Waals surface area contributed by atoms with E-state index < -0.39 is 32.5 Å². The predicted octanol–water partition coefficient (Wildman–Crippen LogP) is 16.6. The number of hydrogen-bond acceptors (Lipinski definition) is 8. The second-order valence-electron chi connectivity index (χ2n) is 19.6. The maximum Gasteiger partial charge on any atom is 0.306 e. The summed E-state index contributed by atoms with van der Waals surface area (Å²) in [4.78, 5) is 37.8. The number of phosphoric ester groups is 1. The standard InChI is InChI=1S/C60H104NO8P/c1-6-8-10-12-14-16-18-20-22-24-25-26-27-28-29-30-31-32-33-34-35-37-39-41-43-45-47-49-51-53-60(63)69-58(57-68-70(64,65)67-55-54-61(3,4)5)56-66-59(62)52-50-48-46-44-42-40-38-36-23-21-19-17-15-13-11-9-7-2/h8,10,14,16,20,22,25-26,28-29,31-32,34-35,39,41,58H,6-7,9,11-13,15,17-19,21,23-24,27,30,33,36-38,40,42-57H2,1-5H3/b10-8-,16-14-,22-20-,26-25-,29-28-,32-31-,35-34-,41-39-. The zero-order chi connectivity index (χ0) is 51.3.